The molecule has 0 spiro atoms. The topological polar surface area (TPSA) is 64.5 Å². The van der Waals surface area contributed by atoms with Crippen LogP contribution in [0.1, 0.15) is 11.3 Å². The smallest absolute Gasteiger partial charge is 0.227 e. The monoisotopic (exact) mass is 405 g/mol. The van der Waals surface area contributed by atoms with Gasteiger partial charge in [-0.3, -0.25) is 14.8 Å². The summed E-state index contributed by atoms with van der Waals surface area (Å²) in [6, 6.07) is 5.70. The van der Waals surface area contributed by atoms with E-state index in [0.29, 0.717) is 38.5 Å². The van der Waals surface area contributed by atoms with Crippen molar-refractivity contribution in [3.63, 3.8) is 0 Å². The average Bonchev–Trinajstić information content (AvgIpc) is 2.61. The lowest BCUT2D eigenvalue weighted by molar-refractivity contribution is -0.139. The molecule has 3 rings (SSSR count). The molecule has 25 heavy (non-hydrogen) atoms. The molecular weight excluding hydrogens is 386 g/mol. The SMILES string of the molecule is Cc1ccc(OCC2CN(C(=O)Cc3cncc(Br)c3)CCO2)cn1. The second-order valence-electron chi connectivity index (χ2n) is 5.97. The molecule has 2 aromatic heterocycles. The van der Waals surface area contributed by atoms with Crippen LogP contribution in [0.25, 0.3) is 0 Å². The Morgan fingerprint density at radius 1 is 1.40 bits per heavy atom. The van der Waals surface area contributed by atoms with Crippen molar-refractivity contribution in [1.82, 2.24) is 14.9 Å². The molecule has 2 aromatic rings. The van der Waals surface area contributed by atoms with Crippen LogP contribution in [0.2, 0.25) is 0 Å². The lowest BCUT2D eigenvalue weighted by Crippen LogP contribution is -2.48. The Balaban J connectivity index is 1.51. The zero-order chi connectivity index (χ0) is 17.6. The molecule has 3 heterocycles. The zero-order valence-corrected chi connectivity index (χ0v) is 15.6. The minimum atomic E-state index is -0.139. The number of hydrogen-bond donors (Lipinski definition) is 0. The lowest BCUT2D eigenvalue weighted by Gasteiger charge is -2.33. The van der Waals surface area contributed by atoms with Crippen LogP contribution in [0.4, 0.5) is 0 Å². The van der Waals surface area contributed by atoms with E-state index in [0.717, 1.165) is 15.7 Å². The maximum atomic E-state index is 12.5. The average molecular weight is 406 g/mol. The summed E-state index contributed by atoms with van der Waals surface area (Å²) in [6.45, 7) is 3.97. The number of amides is 1. The van der Waals surface area contributed by atoms with Gasteiger partial charge in [-0.1, -0.05) is 0 Å². The highest BCUT2D eigenvalue weighted by Gasteiger charge is 2.24. The molecule has 6 nitrogen and oxygen atoms in total. The maximum absolute atomic E-state index is 12.5. The minimum Gasteiger partial charge on any atom is -0.489 e. The second-order valence-corrected chi connectivity index (χ2v) is 6.88. The van der Waals surface area contributed by atoms with Crippen molar-refractivity contribution in [1.29, 1.82) is 0 Å². The van der Waals surface area contributed by atoms with Gasteiger partial charge in [0.05, 0.1) is 25.8 Å². The molecule has 1 aliphatic heterocycles. The van der Waals surface area contributed by atoms with E-state index in [1.807, 2.05) is 30.0 Å². The van der Waals surface area contributed by atoms with E-state index in [9.17, 15) is 4.79 Å². The van der Waals surface area contributed by atoms with Crippen molar-refractivity contribution in [2.24, 2.45) is 0 Å². The van der Waals surface area contributed by atoms with E-state index in [4.69, 9.17) is 9.47 Å². The molecule has 1 saturated heterocycles. The molecule has 0 saturated carbocycles. The van der Waals surface area contributed by atoms with E-state index in [2.05, 4.69) is 25.9 Å². The van der Waals surface area contributed by atoms with Gasteiger partial charge in [-0.05, 0) is 46.6 Å². The van der Waals surface area contributed by atoms with Crippen LogP contribution < -0.4 is 4.74 Å². The number of halogens is 1. The van der Waals surface area contributed by atoms with Crippen LogP contribution in [-0.2, 0) is 16.0 Å². The third kappa shape index (κ3) is 5.24. The van der Waals surface area contributed by atoms with E-state index < -0.39 is 0 Å². The predicted octanol–water partition coefficient (Wildman–Crippen LogP) is 2.40. The van der Waals surface area contributed by atoms with Gasteiger partial charge in [0.2, 0.25) is 5.91 Å². The molecule has 1 fully saturated rings. The molecule has 0 radical (unpaired) electrons. The number of pyridine rings is 2. The van der Waals surface area contributed by atoms with Gasteiger partial charge in [-0.2, -0.15) is 0 Å². The molecule has 1 aliphatic rings. The van der Waals surface area contributed by atoms with Crippen LogP contribution in [0.5, 0.6) is 5.75 Å². The number of carbonyl (C=O) groups excluding carboxylic acids is 1. The fourth-order valence-corrected chi connectivity index (χ4v) is 3.03. The number of nitrogens with zero attached hydrogens (tertiary/aromatic N) is 3. The van der Waals surface area contributed by atoms with Gasteiger partial charge < -0.3 is 14.4 Å². The van der Waals surface area contributed by atoms with Gasteiger partial charge in [0.15, 0.2) is 0 Å². The Labute approximate surface area is 155 Å². The highest BCUT2D eigenvalue weighted by atomic mass is 79.9. The summed E-state index contributed by atoms with van der Waals surface area (Å²) >= 11 is 3.38. The summed E-state index contributed by atoms with van der Waals surface area (Å²) in [5, 5.41) is 0. The first-order chi connectivity index (χ1) is 12.1. The molecule has 7 heteroatoms. The number of aryl methyl sites for hydroxylation is 1. The fourth-order valence-electron chi connectivity index (χ4n) is 2.61. The largest absolute Gasteiger partial charge is 0.489 e. The van der Waals surface area contributed by atoms with Crippen LogP contribution in [-0.4, -0.2) is 53.2 Å². The van der Waals surface area contributed by atoms with Gasteiger partial charge in [0, 0.05) is 29.1 Å². The van der Waals surface area contributed by atoms with Crippen molar-refractivity contribution < 1.29 is 14.3 Å². The number of morpholine rings is 1. The summed E-state index contributed by atoms with van der Waals surface area (Å²) in [5.74, 6) is 0.781. The molecule has 1 amide bonds. The van der Waals surface area contributed by atoms with Gasteiger partial charge in [-0.25, -0.2) is 0 Å². The number of hydrogen-bond acceptors (Lipinski definition) is 5. The van der Waals surface area contributed by atoms with Crippen LogP contribution in [0, 0.1) is 6.92 Å². The fraction of sp³-hybridized carbons (Fsp3) is 0.389. The van der Waals surface area contributed by atoms with E-state index >= 15 is 0 Å². The number of ether oxygens (including phenoxy) is 2. The van der Waals surface area contributed by atoms with Crippen LogP contribution >= 0.6 is 15.9 Å². The van der Waals surface area contributed by atoms with E-state index in [-0.39, 0.29) is 12.0 Å². The highest BCUT2D eigenvalue weighted by molar-refractivity contribution is 9.10. The molecule has 1 atom stereocenters. The highest BCUT2D eigenvalue weighted by Crippen LogP contribution is 2.14. The maximum Gasteiger partial charge on any atom is 0.227 e. The quantitative estimate of drug-likeness (QED) is 0.763. The summed E-state index contributed by atoms with van der Waals surface area (Å²) in [7, 11) is 0. The molecule has 0 aromatic carbocycles. The Kier molecular flexibility index (Phi) is 5.99. The van der Waals surface area contributed by atoms with E-state index in [1.54, 1.807) is 18.6 Å². The Hall–Kier alpha value is -1.99. The summed E-state index contributed by atoms with van der Waals surface area (Å²) < 4.78 is 12.3. The Morgan fingerprint density at radius 3 is 3.04 bits per heavy atom. The predicted molar refractivity (Wildman–Crippen MR) is 96.4 cm³/mol. The van der Waals surface area contributed by atoms with Gasteiger partial charge in [0.1, 0.15) is 18.5 Å². The van der Waals surface area contributed by atoms with Crippen molar-refractivity contribution >= 4 is 21.8 Å². The molecule has 0 N–H and O–H groups in total. The van der Waals surface area contributed by atoms with Crippen molar-refractivity contribution in [3.8, 4) is 5.75 Å². The summed E-state index contributed by atoms with van der Waals surface area (Å²) in [5.41, 5.74) is 1.84. The molecule has 0 aliphatic carbocycles. The zero-order valence-electron chi connectivity index (χ0n) is 14.0. The van der Waals surface area contributed by atoms with E-state index in [1.165, 1.54) is 0 Å². The number of carbonyl (C=O) groups is 1. The molecule has 1 unspecified atom stereocenters. The second kappa shape index (κ2) is 8.40. The van der Waals surface area contributed by atoms with Crippen LogP contribution in [0.3, 0.4) is 0 Å². The van der Waals surface area contributed by atoms with Gasteiger partial charge in [0.25, 0.3) is 0 Å². The first-order valence-corrected chi connectivity index (χ1v) is 8.94. The lowest BCUT2D eigenvalue weighted by atomic mass is 10.2. The molecular formula is C18H20BrN3O3. The molecule has 132 valence electrons. The first-order valence-electron chi connectivity index (χ1n) is 8.14. The summed E-state index contributed by atoms with van der Waals surface area (Å²) in [4.78, 5) is 22.6. The standard InChI is InChI=1S/C18H20BrN3O3/c1-13-2-3-16(10-21-13)25-12-17-11-22(4-5-24-17)18(23)7-14-6-15(19)9-20-8-14/h2-3,6,8-10,17H,4-5,7,11-12H2,1H3. The molecule has 0 bridgehead atoms. The third-order valence-electron chi connectivity index (χ3n) is 3.93. The Morgan fingerprint density at radius 2 is 2.28 bits per heavy atom. The summed E-state index contributed by atoms with van der Waals surface area (Å²) in [6.07, 6.45) is 5.31. The van der Waals surface area contributed by atoms with Gasteiger partial charge in [-0.15, -0.1) is 0 Å². The minimum absolute atomic E-state index is 0.0743. The van der Waals surface area contributed by atoms with Crippen molar-refractivity contribution in [2.45, 2.75) is 19.4 Å². The van der Waals surface area contributed by atoms with Gasteiger partial charge >= 0.3 is 0 Å². The third-order valence-corrected chi connectivity index (χ3v) is 4.36. The van der Waals surface area contributed by atoms with Crippen molar-refractivity contribution in [3.05, 3.63) is 52.5 Å². The van der Waals surface area contributed by atoms with Crippen LogP contribution in [0.15, 0.2) is 41.3 Å². The first kappa shape index (κ1) is 17.8. The number of rotatable bonds is 5. The normalized spacial score (nSPS) is 17.4. The number of aromatic nitrogens is 2. The van der Waals surface area contributed by atoms with Crippen molar-refractivity contribution in [2.75, 3.05) is 26.3 Å². The Bertz CT molecular complexity index is 724.